The molecule has 1 heterocycles. The van der Waals surface area contributed by atoms with Crippen molar-refractivity contribution in [1.29, 1.82) is 0 Å². The zero-order chi connectivity index (χ0) is 12.3. The monoisotopic (exact) mass is 244 g/mol. The predicted molar refractivity (Wildman–Crippen MR) is 75.3 cm³/mol. The lowest BCUT2D eigenvalue weighted by atomic mass is 10.1. The van der Waals surface area contributed by atoms with Crippen LogP contribution in [0.4, 0.5) is 0 Å². The van der Waals surface area contributed by atoms with Gasteiger partial charge in [0.15, 0.2) is 0 Å². The van der Waals surface area contributed by atoms with Crippen LogP contribution < -0.4 is 5.32 Å². The molecule has 0 aliphatic carbocycles. The summed E-state index contributed by atoms with van der Waals surface area (Å²) in [6.45, 7) is 16.1. The van der Waals surface area contributed by atoms with E-state index in [9.17, 15) is 0 Å². The maximum Gasteiger partial charge on any atom is 0.0196 e. The van der Waals surface area contributed by atoms with E-state index in [0.29, 0.717) is 12.1 Å². The first-order valence-corrected chi connectivity index (χ1v) is 7.48. The maximum absolute atomic E-state index is 3.61. The average Bonchev–Trinajstić information content (AvgIpc) is 2.17. The number of nitrogens with zero attached hydrogens (tertiary/aromatic N) is 1. The van der Waals surface area contributed by atoms with Crippen molar-refractivity contribution in [3.05, 3.63) is 0 Å². The minimum atomic E-state index is 0.230. The largest absolute Gasteiger partial charge is 0.311 e. The fourth-order valence-electron chi connectivity index (χ4n) is 2.15. The van der Waals surface area contributed by atoms with E-state index < -0.39 is 0 Å². The van der Waals surface area contributed by atoms with Gasteiger partial charge in [0.25, 0.3) is 0 Å². The molecule has 1 saturated heterocycles. The lowest BCUT2D eigenvalue weighted by Crippen LogP contribution is -2.53. The van der Waals surface area contributed by atoms with Crippen molar-refractivity contribution in [2.45, 2.75) is 64.4 Å². The van der Waals surface area contributed by atoms with Gasteiger partial charge < -0.3 is 5.32 Å². The molecule has 0 radical (unpaired) electrons. The molecule has 1 aliphatic heterocycles. The topological polar surface area (TPSA) is 15.3 Å². The zero-order valence-electron chi connectivity index (χ0n) is 11.7. The zero-order valence-corrected chi connectivity index (χ0v) is 12.5. The third-order valence-electron chi connectivity index (χ3n) is 3.43. The average molecular weight is 244 g/mol. The van der Waals surface area contributed by atoms with Gasteiger partial charge in [-0.25, -0.2) is 0 Å². The number of hydrogen-bond donors (Lipinski definition) is 1. The Morgan fingerprint density at radius 2 is 2.00 bits per heavy atom. The molecule has 3 unspecified atom stereocenters. The number of rotatable bonds is 3. The Balaban J connectivity index is 2.43. The van der Waals surface area contributed by atoms with Crippen LogP contribution in [0.15, 0.2) is 0 Å². The summed E-state index contributed by atoms with van der Waals surface area (Å²) in [7, 11) is 0. The first-order valence-electron chi connectivity index (χ1n) is 6.43. The first kappa shape index (κ1) is 14.3. The molecule has 0 amide bonds. The van der Waals surface area contributed by atoms with Crippen molar-refractivity contribution < 1.29 is 0 Å². The van der Waals surface area contributed by atoms with E-state index in [1.807, 2.05) is 0 Å². The summed E-state index contributed by atoms with van der Waals surface area (Å²) in [4.78, 5) is 2.65. The summed E-state index contributed by atoms with van der Waals surface area (Å²) < 4.78 is 0. The normalized spacial score (nSPS) is 30.4. The van der Waals surface area contributed by atoms with E-state index in [4.69, 9.17) is 0 Å². The molecule has 2 nitrogen and oxygen atoms in total. The summed E-state index contributed by atoms with van der Waals surface area (Å²) >= 11 is 2.11. The number of thioether (sulfide) groups is 1. The maximum atomic E-state index is 3.61. The van der Waals surface area contributed by atoms with E-state index >= 15 is 0 Å². The highest BCUT2D eigenvalue weighted by Crippen LogP contribution is 2.25. The molecule has 16 heavy (non-hydrogen) atoms. The molecule has 0 aromatic heterocycles. The van der Waals surface area contributed by atoms with E-state index in [-0.39, 0.29) is 5.54 Å². The lowest BCUT2D eigenvalue weighted by Gasteiger charge is -2.42. The molecule has 0 saturated carbocycles. The summed E-state index contributed by atoms with van der Waals surface area (Å²) in [5.41, 5.74) is 0.230. The van der Waals surface area contributed by atoms with Crippen LogP contribution in [0.2, 0.25) is 0 Å². The minimum absolute atomic E-state index is 0.230. The van der Waals surface area contributed by atoms with Crippen molar-refractivity contribution in [2.24, 2.45) is 0 Å². The first-order chi connectivity index (χ1) is 7.31. The molecule has 1 fully saturated rings. The Hall–Kier alpha value is 0.270. The molecule has 0 bridgehead atoms. The van der Waals surface area contributed by atoms with Gasteiger partial charge in [0, 0.05) is 41.7 Å². The molecule has 0 spiro atoms. The highest BCUT2D eigenvalue weighted by Gasteiger charge is 2.28. The van der Waals surface area contributed by atoms with Crippen LogP contribution in [0.5, 0.6) is 0 Å². The van der Waals surface area contributed by atoms with E-state index in [1.165, 1.54) is 12.3 Å². The van der Waals surface area contributed by atoms with Crippen LogP contribution >= 0.6 is 11.8 Å². The van der Waals surface area contributed by atoms with Gasteiger partial charge in [0.1, 0.15) is 0 Å². The van der Waals surface area contributed by atoms with Crippen molar-refractivity contribution in [3.8, 4) is 0 Å². The highest BCUT2D eigenvalue weighted by atomic mass is 32.2. The smallest absolute Gasteiger partial charge is 0.0196 e. The third kappa shape index (κ3) is 4.27. The van der Waals surface area contributed by atoms with E-state index in [1.54, 1.807) is 0 Å². The van der Waals surface area contributed by atoms with Crippen molar-refractivity contribution in [1.82, 2.24) is 10.2 Å². The Bertz CT molecular complexity index is 212. The van der Waals surface area contributed by atoms with Crippen molar-refractivity contribution in [2.75, 3.05) is 18.8 Å². The molecular formula is C13H28N2S. The van der Waals surface area contributed by atoms with Gasteiger partial charge in [-0.3, -0.25) is 4.90 Å². The fourth-order valence-corrected chi connectivity index (χ4v) is 3.27. The van der Waals surface area contributed by atoms with Gasteiger partial charge >= 0.3 is 0 Å². The van der Waals surface area contributed by atoms with Crippen LogP contribution in [-0.4, -0.2) is 46.6 Å². The SMILES string of the molecule is CC1SCCN(C(C)CNC(C)(C)C)C1C. The summed E-state index contributed by atoms with van der Waals surface area (Å²) in [6, 6.07) is 1.34. The molecule has 3 atom stereocenters. The Labute approximate surface area is 106 Å². The summed E-state index contributed by atoms with van der Waals surface area (Å²) in [5, 5.41) is 4.38. The van der Waals surface area contributed by atoms with Crippen LogP contribution in [0.1, 0.15) is 41.5 Å². The van der Waals surface area contributed by atoms with Crippen LogP contribution in [0, 0.1) is 0 Å². The second-order valence-corrected chi connectivity index (χ2v) is 7.52. The van der Waals surface area contributed by atoms with Crippen molar-refractivity contribution >= 4 is 11.8 Å². The number of hydrogen-bond acceptors (Lipinski definition) is 3. The molecule has 0 aromatic rings. The molecular weight excluding hydrogens is 216 g/mol. The molecule has 1 N–H and O–H groups in total. The van der Waals surface area contributed by atoms with E-state index in [2.05, 4.69) is 63.5 Å². The van der Waals surface area contributed by atoms with Gasteiger partial charge in [-0.05, 0) is 34.6 Å². The second kappa shape index (κ2) is 5.74. The highest BCUT2D eigenvalue weighted by molar-refractivity contribution is 8.00. The van der Waals surface area contributed by atoms with Gasteiger partial charge in [-0.2, -0.15) is 11.8 Å². The quantitative estimate of drug-likeness (QED) is 0.821. The van der Waals surface area contributed by atoms with E-state index in [0.717, 1.165) is 11.8 Å². The van der Waals surface area contributed by atoms with Crippen LogP contribution in [0.3, 0.4) is 0 Å². The molecule has 3 heteroatoms. The number of nitrogens with one attached hydrogen (secondary N) is 1. The second-order valence-electron chi connectivity index (χ2n) is 6.03. The van der Waals surface area contributed by atoms with Crippen molar-refractivity contribution in [3.63, 3.8) is 0 Å². The standard InChI is InChI=1S/C13H28N2S/c1-10(9-14-13(4,5)6)15-7-8-16-12(3)11(15)2/h10-12,14H,7-9H2,1-6H3. The lowest BCUT2D eigenvalue weighted by molar-refractivity contribution is 0.148. The molecule has 0 aromatic carbocycles. The summed E-state index contributed by atoms with van der Waals surface area (Å²) in [6.07, 6.45) is 0. The Morgan fingerprint density at radius 3 is 2.56 bits per heavy atom. The van der Waals surface area contributed by atoms with Crippen LogP contribution in [-0.2, 0) is 0 Å². The molecule has 1 rings (SSSR count). The molecule has 96 valence electrons. The fraction of sp³-hybridized carbons (Fsp3) is 1.00. The van der Waals surface area contributed by atoms with Gasteiger partial charge in [0.05, 0.1) is 0 Å². The van der Waals surface area contributed by atoms with Gasteiger partial charge in [0.2, 0.25) is 0 Å². The third-order valence-corrected chi connectivity index (χ3v) is 4.76. The van der Waals surface area contributed by atoms with Gasteiger partial charge in [-0.1, -0.05) is 6.92 Å². The van der Waals surface area contributed by atoms with Gasteiger partial charge in [-0.15, -0.1) is 0 Å². The Morgan fingerprint density at radius 1 is 1.38 bits per heavy atom. The molecule has 1 aliphatic rings. The predicted octanol–water partition coefficient (Wildman–Crippen LogP) is 2.59. The van der Waals surface area contributed by atoms with Crippen LogP contribution in [0.25, 0.3) is 0 Å². The minimum Gasteiger partial charge on any atom is -0.311 e. The summed E-state index contributed by atoms with van der Waals surface area (Å²) in [5.74, 6) is 1.28. The Kier molecular flexibility index (Phi) is 5.14.